The Hall–Kier alpha value is -1.20. The topological polar surface area (TPSA) is 35.5 Å². The van der Waals surface area contributed by atoms with Gasteiger partial charge in [-0.2, -0.15) is 0 Å². The number of alkyl halides is 4. The third-order valence-corrected chi connectivity index (χ3v) is 8.69. The van der Waals surface area contributed by atoms with Gasteiger partial charge in [0.1, 0.15) is 23.9 Å². The fourth-order valence-electron chi connectivity index (χ4n) is 4.42. The molecule has 2 fully saturated rings. The zero-order chi connectivity index (χ0) is 21.2. The molecule has 4 rings (SSSR count). The first kappa shape index (κ1) is 21.0. The Kier molecular flexibility index (Phi) is 4.83. The van der Waals surface area contributed by atoms with Crippen LogP contribution < -0.4 is 4.74 Å². The van der Waals surface area contributed by atoms with Crippen molar-refractivity contribution in [2.75, 3.05) is 0 Å². The number of esters is 1. The van der Waals surface area contributed by atoms with E-state index in [1.54, 1.807) is 24.3 Å². The molecule has 1 unspecified atom stereocenters. The summed E-state index contributed by atoms with van der Waals surface area (Å²) in [7, 11) is 0. The lowest BCUT2D eigenvalue weighted by atomic mass is 10.1. The molecule has 1 spiro atoms. The van der Waals surface area contributed by atoms with Gasteiger partial charge in [0, 0.05) is 0 Å². The van der Waals surface area contributed by atoms with Crippen molar-refractivity contribution in [3.8, 4) is 11.5 Å². The van der Waals surface area contributed by atoms with E-state index in [0.29, 0.717) is 11.5 Å². The second-order valence-corrected chi connectivity index (χ2v) is 10.6. The van der Waals surface area contributed by atoms with Crippen molar-refractivity contribution in [2.24, 2.45) is 16.7 Å². The van der Waals surface area contributed by atoms with E-state index in [0.717, 1.165) is 5.56 Å². The molecule has 0 aromatic heterocycles. The number of ether oxygens (including phenoxy) is 2. The Balaban J connectivity index is 1.41. The molecule has 2 aliphatic rings. The minimum Gasteiger partial charge on any atom is -0.461 e. The quantitative estimate of drug-likeness (QED) is 0.356. The minimum atomic E-state index is -1.40. The molecule has 2 aliphatic carbocycles. The largest absolute Gasteiger partial charge is 0.461 e. The van der Waals surface area contributed by atoms with Crippen molar-refractivity contribution in [1.82, 2.24) is 0 Å². The van der Waals surface area contributed by atoms with Gasteiger partial charge in [-0.05, 0) is 47.4 Å². The first-order valence-corrected chi connectivity index (χ1v) is 10.4. The Labute approximate surface area is 188 Å². The molecule has 0 aliphatic heterocycles. The summed E-state index contributed by atoms with van der Waals surface area (Å²) in [6.45, 7) is 3.74. The zero-order valence-corrected chi connectivity index (χ0v) is 18.5. The van der Waals surface area contributed by atoms with Gasteiger partial charge in [0.2, 0.25) is 0 Å². The predicted octanol–water partition coefficient (Wildman–Crippen LogP) is 6.67. The number of carbonyl (C=O) groups is 1. The molecular formula is C21H17Cl4FO3. The van der Waals surface area contributed by atoms with Crippen LogP contribution in [-0.2, 0) is 16.1 Å². The van der Waals surface area contributed by atoms with Gasteiger partial charge in [0.25, 0.3) is 0 Å². The molecular weight excluding hydrogens is 461 g/mol. The molecule has 0 heterocycles. The third-order valence-electron chi connectivity index (χ3n) is 5.97. The van der Waals surface area contributed by atoms with Crippen molar-refractivity contribution in [1.29, 1.82) is 0 Å². The summed E-state index contributed by atoms with van der Waals surface area (Å²) in [6, 6.07) is 12.8. The number of carbonyl (C=O) groups excluding carboxylic acids is 1. The fraction of sp³-hybridized carbons (Fsp3) is 0.381. The van der Waals surface area contributed by atoms with E-state index >= 15 is 0 Å². The Bertz CT molecular complexity index is 958. The lowest BCUT2D eigenvalue weighted by molar-refractivity contribution is -0.147. The van der Waals surface area contributed by atoms with Crippen molar-refractivity contribution in [3.05, 3.63) is 59.9 Å². The van der Waals surface area contributed by atoms with E-state index in [4.69, 9.17) is 55.9 Å². The maximum atomic E-state index is 13.0. The molecule has 0 radical (unpaired) electrons. The zero-order valence-electron chi connectivity index (χ0n) is 15.5. The van der Waals surface area contributed by atoms with Crippen LogP contribution in [0.2, 0.25) is 0 Å². The van der Waals surface area contributed by atoms with E-state index in [2.05, 4.69) is 0 Å². The Morgan fingerprint density at radius 1 is 1.00 bits per heavy atom. The molecule has 29 heavy (non-hydrogen) atoms. The van der Waals surface area contributed by atoms with Crippen molar-refractivity contribution in [3.63, 3.8) is 0 Å². The standard InChI is InChI=1S/C21H17Cl4FO3/c1-18(2)16(19(18)20(22,23)21(19,24)25)17(27)28-11-12-4-3-5-15(10-12)29-14-8-6-13(26)7-9-14/h3-10,16H,11H2,1-2H3. The van der Waals surface area contributed by atoms with Gasteiger partial charge in [0.15, 0.2) is 8.67 Å². The maximum Gasteiger partial charge on any atom is 0.310 e. The minimum absolute atomic E-state index is 0.0389. The number of benzene rings is 2. The summed E-state index contributed by atoms with van der Waals surface area (Å²) in [5.41, 5.74) is -0.777. The fourth-order valence-corrected chi connectivity index (χ4v) is 7.00. The third kappa shape index (κ3) is 2.87. The molecule has 0 amide bonds. The van der Waals surface area contributed by atoms with E-state index in [1.165, 1.54) is 24.3 Å². The predicted molar refractivity (Wildman–Crippen MR) is 111 cm³/mol. The van der Waals surface area contributed by atoms with Crippen LogP contribution in [0, 0.1) is 22.6 Å². The smallest absolute Gasteiger partial charge is 0.310 e. The monoisotopic (exact) mass is 476 g/mol. The van der Waals surface area contributed by atoms with Crippen LogP contribution in [0.4, 0.5) is 4.39 Å². The highest BCUT2D eigenvalue weighted by Gasteiger charge is 3.05. The number of hydrogen-bond acceptors (Lipinski definition) is 3. The molecule has 3 nitrogen and oxygen atoms in total. The van der Waals surface area contributed by atoms with Gasteiger partial charge in [-0.25, -0.2) is 4.39 Å². The van der Waals surface area contributed by atoms with Gasteiger partial charge in [-0.1, -0.05) is 72.4 Å². The van der Waals surface area contributed by atoms with E-state index < -0.39 is 31.4 Å². The summed E-state index contributed by atoms with van der Waals surface area (Å²) in [5.74, 6) is -0.355. The van der Waals surface area contributed by atoms with Crippen molar-refractivity contribution in [2.45, 2.75) is 29.1 Å². The molecule has 0 N–H and O–H groups in total. The van der Waals surface area contributed by atoms with Crippen molar-refractivity contribution >= 4 is 52.4 Å². The summed E-state index contributed by atoms with van der Waals surface area (Å²) in [4.78, 5) is 12.7. The first-order chi connectivity index (χ1) is 13.5. The molecule has 2 aromatic rings. The van der Waals surface area contributed by atoms with Gasteiger partial charge < -0.3 is 9.47 Å². The summed E-state index contributed by atoms with van der Waals surface area (Å²) >= 11 is 25.2. The molecule has 2 aromatic carbocycles. The van der Waals surface area contributed by atoms with Crippen LogP contribution in [0.1, 0.15) is 19.4 Å². The van der Waals surface area contributed by atoms with Gasteiger partial charge in [0.05, 0.1) is 11.3 Å². The Morgan fingerprint density at radius 3 is 2.17 bits per heavy atom. The SMILES string of the molecule is CC1(C)C(C(=O)OCc2cccc(Oc3ccc(F)cc3)c2)C12C(Cl)(Cl)C2(Cl)Cl. The summed E-state index contributed by atoms with van der Waals surface area (Å²) in [5, 5.41) is 0. The van der Waals surface area contributed by atoms with Gasteiger partial charge >= 0.3 is 5.97 Å². The van der Waals surface area contributed by atoms with Gasteiger partial charge in [-0.3, -0.25) is 4.79 Å². The highest BCUT2D eigenvalue weighted by Crippen LogP contribution is 2.97. The maximum absolute atomic E-state index is 13.0. The summed E-state index contributed by atoms with van der Waals surface area (Å²) < 4.78 is 21.4. The van der Waals surface area contributed by atoms with Crippen LogP contribution in [0.25, 0.3) is 0 Å². The first-order valence-electron chi connectivity index (χ1n) is 8.91. The number of hydrogen-bond donors (Lipinski definition) is 0. The highest BCUT2D eigenvalue weighted by molar-refractivity contribution is 6.70. The highest BCUT2D eigenvalue weighted by atomic mass is 35.5. The van der Waals surface area contributed by atoms with Crippen LogP contribution in [-0.4, -0.2) is 14.6 Å². The average Bonchev–Trinajstić information content (AvgIpc) is 3.33. The molecule has 154 valence electrons. The normalized spacial score (nSPS) is 24.0. The lowest BCUT2D eigenvalue weighted by Gasteiger charge is -2.09. The van der Waals surface area contributed by atoms with Crippen molar-refractivity contribution < 1.29 is 18.7 Å². The second-order valence-electron chi connectivity index (χ2n) is 7.92. The van der Waals surface area contributed by atoms with Crippen LogP contribution in [0.15, 0.2) is 48.5 Å². The van der Waals surface area contributed by atoms with Crippen LogP contribution in [0.5, 0.6) is 11.5 Å². The number of rotatable bonds is 5. The molecule has 0 bridgehead atoms. The number of halogens is 5. The van der Waals surface area contributed by atoms with Crippen LogP contribution >= 0.6 is 46.4 Å². The average molecular weight is 478 g/mol. The second kappa shape index (κ2) is 6.65. The lowest BCUT2D eigenvalue weighted by Crippen LogP contribution is -2.11. The molecule has 0 saturated heterocycles. The van der Waals surface area contributed by atoms with Crippen LogP contribution in [0.3, 0.4) is 0 Å². The van der Waals surface area contributed by atoms with Gasteiger partial charge in [-0.15, -0.1) is 0 Å². The summed E-state index contributed by atoms with van der Waals surface area (Å²) in [6.07, 6.45) is 0. The molecule has 8 heteroatoms. The molecule has 1 atom stereocenters. The van der Waals surface area contributed by atoms with E-state index in [-0.39, 0.29) is 12.4 Å². The van der Waals surface area contributed by atoms with E-state index in [9.17, 15) is 9.18 Å². The Morgan fingerprint density at radius 2 is 1.62 bits per heavy atom. The van der Waals surface area contributed by atoms with E-state index in [1.807, 2.05) is 13.8 Å². The molecule has 2 saturated carbocycles.